The Kier molecular flexibility index (Phi) is 2.48. The molecule has 4 nitrogen and oxygen atoms in total. The fraction of sp³-hybridized carbons (Fsp3) is 0.600. The van der Waals surface area contributed by atoms with Gasteiger partial charge in [-0.3, -0.25) is 0 Å². The van der Waals surface area contributed by atoms with Crippen LogP contribution >= 0.6 is 0 Å². The summed E-state index contributed by atoms with van der Waals surface area (Å²) in [7, 11) is 1.66. The number of ether oxygens (including phenoxy) is 2. The van der Waals surface area contributed by atoms with Crippen LogP contribution < -0.4 is 10.1 Å². The first-order valence-corrected chi connectivity index (χ1v) is 4.68. The molecular formula is C10H15NO3. The molecule has 1 aliphatic rings. The Hall–Kier alpha value is -1.00. The van der Waals surface area contributed by atoms with E-state index >= 15 is 0 Å². The van der Waals surface area contributed by atoms with E-state index in [1.165, 1.54) is 0 Å². The highest BCUT2D eigenvalue weighted by Crippen LogP contribution is 2.26. The average molecular weight is 197 g/mol. The maximum absolute atomic E-state index is 5.75. The molecule has 0 unspecified atom stereocenters. The molecule has 1 N–H and O–H groups in total. The SMILES string of the molecule is COCc1ccoc1OC1(C)CNC1. The van der Waals surface area contributed by atoms with Gasteiger partial charge in [0.05, 0.1) is 18.4 Å². The zero-order valence-corrected chi connectivity index (χ0v) is 8.50. The molecule has 0 aliphatic carbocycles. The van der Waals surface area contributed by atoms with Crippen LogP contribution in [0.2, 0.25) is 0 Å². The summed E-state index contributed by atoms with van der Waals surface area (Å²) < 4.78 is 16.0. The van der Waals surface area contributed by atoms with Gasteiger partial charge >= 0.3 is 0 Å². The first kappa shape index (κ1) is 9.55. The monoisotopic (exact) mass is 197 g/mol. The van der Waals surface area contributed by atoms with Crippen LogP contribution in [0.3, 0.4) is 0 Å². The van der Waals surface area contributed by atoms with Gasteiger partial charge in [-0.2, -0.15) is 0 Å². The Morgan fingerprint density at radius 2 is 2.36 bits per heavy atom. The molecule has 0 bridgehead atoms. The van der Waals surface area contributed by atoms with Crippen molar-refractivity contribution in [3.05, 3.63) is 17.9 Å². The largest absolute Gasteiger partial charge is 0.456 e. The lowest BCUT2D eigenvalue weighted by Gasteiger charge is -2.38. The molecule has 0 atom stereocenters. The zero-order valence-electron chi connectivity index (χ0n) is 8.50. The van der Waals surface area contributed by atoms with Gasteiger partial charge in [0.2, 0.25) is 0 Å². The molecular weight excluding hydrogens is 182 g/mol. The van der Waals surface area contributed by atoms with E-state index in [0.29, 0.717) is 12.6 Å². The van der Waals surface area contributed by atoms with Crippen LogP contribution in [0, 0.1) is 0 Å². The van der Waals surface area contributed by atoms with Gasteiger partial charge in [-0.05, 0) is 13.0 Å². The summed E-state index contributed by atoms with van der Waals surface area (Å²) in [4.78, 5) is 0. The molecule has 0 aromatic carbocycles. The van der Waals surface area contributed by atoms with Gasteiger partial charge in [0.1, 0.15) is 5.60 Å². The summed E-state index contributed by atoms with van der Waals surface area (Å²) >= 11 is 0. The van der Waals surface area contributed by atoms with E-state index in [1.807, 2.05) is 6.07 Å². The summed E-state index contributed by atoms with van der Waals surface area (Å²) in [5.74, 6) is 0.579. The summed E-state index contributed by atoms with van der Waals surface area (Å²) in [6, 6.07) is 1.87. The number of hydrogen-bond donors (Lipinski definition) is 1. The number of methoxy groups -OCH3 is 1. The molecule has 0 amide bonds. The lowest BCUT2D eigenvalue weighted by molar-refractivity contribution is 0.0104. The van der Waals surface area contributed by atoms with Crippen LogP contribution in [-0.4, -0.2) is 25.8 Å². The van der Waals surface area contributed by atoms with Crippen molar-refractivity contribution in [3.63, 3.8) is 0 Å². The van der Waals surface area contributed by atoms with E-state index in [-0.39, 0.29) is 5.60 Å². The van der Waals surface area contributed by atoms with Gasteiger partial charge in [0, 0.05) is 20.2 Å². The number of rotatable bonds is 4. The minimum Gasteiger partial charge on any atom is -0.456 e. The van der Waals surface area contributed by atoms with Gasteiger partial charge in [-0.25, -0.2) is 0 Å². The fourth-order valence-electron chi connectivity index (χ4n) is 1.45. The Morgan fingerprint density at radius 3 is 2.93 bits per heavy atom. The van der Waals surface area contributed by atoms with Crippen molar-refractivity contribution in [1.29, 1.82) is 0 Å². The third-order valence-corrected chi connectivity index (χ3v) is 2.34. The molecule has 1 aliphatic heterocycles. The summed E-state index contributed by atoms with van der Waals surface area (Å²) in [6.45, 7) is 4.30. The lowest BCUT2D eigenvalue weighted by atomic mass is 10.0. The van der Waals surface area contributed by atoms with Crippen molar-refractivity contribution in [2.75, 3.05) is 20.2 Å². The second-order valence-corrected chi connectivity index (χ2v) is 3.82. The normalized spacial score (nSPS) is 19.0. The Morgan fingerprint density at radius 1 is 1.57 bits per heavy atom. The highest BCUT2D eigenvalue weighted by molar-refractivity contribution is 5.23. The third-order valence-electron chi connectivity index (χ3n) is 2.34. The smallest absolute Gasteiger partial charge is 0.290 e. The molecule has 1 aromatic rings. The van der Waals surface area contributed by atoms with Crippen LogP contribution in [0.15, 0.2) is 16.7 Å². The number of hydrogen-bond acceptors (Lipinski definition) is 4. The van der Waals surface area contributed by atoms with Crippen molar-refractivity contribution in [2.45, 2.75) is 19.1 Å². The van der Waals surface area contributed by atoms with Gasteiger partial charge in [-0.15, -0.1) is 0 Å². The molecule has 14 heavy (non-hydrogen) atoms. The third kappa shape index (κ3) is 1.76. The number of furan rings is 1. The van der Waals surface area contributed by atoms with E-state index in [9.17, 15) is 0 Å². The summed E-state index contributed by atoms with van der Waals surface area (Å²) in [5, 5.41) is 3.17. The molecule has 1 aromatic heterocycles. The summed E-state index contributed by atoms with van der Waals surface area (Å²) in [6.07, 6.45) is 1.62. The van der Waals surface area contributed by atoms with Gasteiger partial charge in [0.15, 0.2) is 0 Å². The van der Waals surface area contributed by atoms with E-state index in [1.54, 1.807) is 13.4 Å². The predicted octanol–water partition coefficient (Wildman–Crippen LogP) is 1.17. The molecule has 1 saturated heterocycles. The topological polar surface area (TPSA) is 43.6 Å². The maximum Gasteiger partial charge on any atom is 0.290 e. The van der Waals surface area contributed by atoms with Crippen LogP contribution in [0.4, 0.5) is 0 Å². The van der Waals surface area contributed by atoms with Crippen LogP contribution in [0.5, 0.6) is 5.95 Å². The fourth-order valence-corrected chi connectivity index (χ4v) is 1.45. The Bertz CT molecular complexity index is 304. The predicted molar refractivity (Wildman–Crippen MR) is 51.3 cm³/mol. The van der Waals surface area contributed by atoms with Gasteiger partial charge < -0.3 is 19.2 Å². The minimum absolute atomic E-state index is 0.125. The molecule has 0 saturated carbocycles. The van der Waals surface area contributed by atoms with Crippen molar-refractivity contribution >= 4 is 0 Å². The highest BCUT2D eigenvalue weighted by Gasteiger charge is 2.35. The quantitative estimate of drug-likeness (QED) is 0.786. The van der Waals surface area contributed by atoms with Crippen molar-refractivity contribution in [2.24, 2.45) is 0 Å². The summed E-state index contributed by atoms with van der Waals surface area (Å²) in [5.41, 5.74) is 0.834. The van der Waals surface area contributed by atoms with Crippen LogP contribution in [-0.2, 0) is 11.3 Å². The molecule has 2 rings (SSSR count). The molecule has 78 valence electrons. The second kappa shape index (κ2) is 3.63. The number of nitrogens with one attached hydrogen (secondary N) is 1. The molecule has 0 radical (unpaired) electrons. The first-order chi connectivity index (χ1) is 6.73. The molecule has 2 heterocycles. The standard InChI is InChI=1S/C10H15NO3/c1-10(6-11-7-10)14-9-8(5-12-2)3-4-13-9/h3-4,11H,5-7H2,1-2H3. The van der Waals surface area contributed by atoms with E-state index in [4.69, 9.17) is 13.9 Å². The zero-order chi connectivity index (χ0) is 10.0. The van der Waals surface area contributed by atoms with Crippen LogP contribution in [0.25, 0.3) is 0 Å². The van der Waals surface area contributed by atoms with E-state index < -0.39 is 0 Å². The van der Waals surface area contributed by atoms with Crippen molar-refractivity contribution in [1.82, 2.24) is 5.32 Å². The van der Waals surface area contributed by atoms with E-state index in [2.05, 4.69) is 12.2 Å². The first-order valence-electron chi connectivity index (χ1n) is 4.68. The average Bonchev–Trinajstić information content (AvgIpc) is 2.51. The molecule has 0 spiro atoms. The van der Waals surface area contributed by atoms with E-state index in [0.717, 1.165) is 18.7 Å². The van der Waals surface area contributed by atoms with Crippen molar-refractivity contribution in [3.8, 4) is 5.95 Å². The Labute approximate surface area is 83.2 Å². The minimum atomic E-state index is -0.125. The maximum atomic E-state index is 5.75. The van der Waals surface area contributed by atoms with Crippen LogP contribution in [0.1, 0.15) is 12.5 Å². The Balaban J connectivity index is 2.04. The molecule has 4 heteroatoms. The van der Waals surface area contributed by atoms with Crippen molar-refractivity contribution < 1.29 is 13.9 Å². The lowest BCUT2D eigenvalue weighted by Crippen LogP contribution is -2.61. The highest BCUT2D eigenvalue weighted by atomic mass is 16.6. The molecule has 1 fully saturated rings. The second-order valence-electron chi connectivity index (χ2n) is 3.82. The van der Waals surface area contributed by atoms with Gasteiger partial charge in [0.25, 0.3) is 5.95 Å². The van der Waals surface area contributed by atoms with Gasteiger partial charge in [-0.1, -0.05) is 0 Å².